The van der Waals surface area contributed by atoms with Crippen LogP contribution in [0.1, 0.15) is 11.1 Å². The number of hydrogen-bond acceptors (Lipinski definition) is 3. The Morgan fingerprint density at radius 2 is 1.68 bits per heavy atom. The summed E-state index contributed by atoms with van der Waals surface area (Å²) in [5, 5.41) is 13.5. The highest BCUT2D eigenvalue weighted by Gasteiger charge is 2.34. The van der Waals surface area contributed by atoms with Gasteiger partial charge in [-0.15, -0.1) is 6.42 Å². The van der Waals surface area contributed by atoms with Crippen molar-refractivity contribution >= 4 is 16.5 Å². The Bertz CT molecular complexity index is 938. The van der Waals surface area contributed by atoms with Crippen molar-refractivity contribution in [1.82, 2.24) is 0 Å². The topological polar surface area (TPSA) is 32.7 Å². The third kappa shape index (κ3) is 2.82. The Labute approximate surface area is 148 Å². The molecule has 1 atom stereocenters. The van der Waals surface area contributed by atoms with Crippen molar-refractivity contribution in [2.75, 3.05) is 26.1 Å². The standard InChI is InChI=1S/C22H21NO2/c1-5-22(24,17-11-13-18(25-4)14-12-17)21-19-9-7-6-8-16(19)10-15-20(21)23(2)3/h1,6-15,24H,2-4H3/t22-/m1/s1. The molecule has 0 saturated carbocycles. The molecule has 0 amide bonds. The van der Waals surface area contributed by atoms with E-state index in [2.05, 4.69) is 5.92 Å². The van der Waals surface area contributed by atoms with Crippen molar-refractivity contribution < 1.29 is 9.84 Å². The molecule has 25 heavy (non-hydrogen) atoms. The highest BCUT2D eigenvalue weighted by atomic mass is 16.5. The molecule has 3 aromatic rings. The zero-order valence-corrected chi connectivity index (χ0v) is 14.7. The van der Waals surface area contributed by atoms with Crippen molar-refractivity contribution in [3.63, 3.8) is 0 Å². The molecule has 0 aliphatic heterocycles. The predicted octanol–water partition coefficient (Wildman–Crippen LogP) is 3.78. The molecule has 126 valence electrons. The molecule has 0 aliphatic rings. The SMILES string of the molecule is C#C[C@@](O)(c1ccc(OC)cc1)c1c(N(C)C)ccc2ccccc12. The molecule has 3 heteroatoms. The second-order valence-corrected chi connectivity index (χ2v) is 6.16. The van der Waals surface area contributed by atoms with Crippen LogP contribution in [0.25, 0.3) is 10.8 Å². The number of methoxy groups -OCH3 is 1. The van der Waals surface area contributed by atoms with Crippen LogP contribution >= 0.6 is 0 Å². The lowest BCUT2D eigenvalue weighted by Crippen LogP contribution is -2.28. The first kappa shape index (κ1) is 16.9. The van der Waals surface area contributed by atoms with E-state index in [1.807, 2.05) is 55.4 Å². The summed E-state index contributed by atoms with van der Waals surface area (Å²) in [7, 11) is 5.49. The highest BCUT2D eigenvalue weighted by molar-refractivity contribution is 5.92. The minimum atomic E-state index is -1.55. The Balaban J connectivity index is 2.33. The Kier molecular flexibility index (Phi) is 4.39. The predicted molar refractivity (Wildman–Crippen MR) is 103 cm³/mol. The van der Waals surface area contributed by atoms with Gasteiger partial charge in [0.1, 0.15) is 5.75 Å². The quantitative estimate of drug-likeness (QED) is 0.739. The van der Waals surface area contributed by atoms with E-state index in [9.17, 15) is 5.11 Å². The zero-order chi connectivity index (χ0) is 18.0. The molecular weight excluding hydrogens is 310 g/mol. The number of anilines is 1. The third-order valence-corrected chi connectivity index (χ3v) is 4.47. The molecule has 3 nitrogen and oxygen atoms in total. The maximum Gasteiger partial charge on any atom is 0.179 e. The summed E-state index contributed by atoms with van der Waals surface area (Å²) in [6.07, 6.45) is 5.85. The van der Waals surface area contributed by atoms with Crippen LogP contribution in [-0.2, 0) is 5.60 Å². The highest BCUT2D eigenvalue weighted by Crippen LogP contribution is 2.40. The van der Waals surface area contributed by atoms with Crippen LogP contribution in [0.2, 0.25) is 0 Å². The van der Waals surface area contributed by atoms with Gasteiger partial charge in [-0.2, -0.15) is 0 Å². The monoisotopic (exact) mass is 331 g/mol. The van der Waals surface area contributed by atoms with E-state index in [-0.39, 0.29) is 0 Å². The molecule has 3 aromatic carbocycles. The number of nitrogens with zero attached hydrogens (tertiary/aromatic N) is 1. The van der Waals surface area contributed by atoms with Crippen LogP contribution in [0.4, 0.5) is 5.69 Å². The van der Waals surface area contributed by atoms with E-state index in [0.717, 1.165) is 16.5 Å². The maximum absolute atomic E-state index is 11.6. The van der Waals surface area contributed by atoms with Crippen molar-refractivity contribution in [3.05, 3.63) is 71.8 Å². The van der Waals surface area contributed by atoms with Gasteiger partial charge in [0.2, 0.25) is 0 Å². The second-order valence-electron chi connectivity index (χ2n) is 6.16. The lowest BCUT2D eigenvalue weighted by atomic mass is 9.82. The van der Waals surface area contributed by atoms with Gasteiger partial charge in [0.05, 0.1) is 7.11 Å². The van der Waals surface area contributed by atoms with E-state index in [4.69, 9.17) is 11.2 Å². The Morgan fingerprint density at radius 3 is 2.28 bits per heavy atom. The van der Waals surface area contributed by atoms with Gasteiger partial charge in [-0.25, -0.2) is 0 Å². The number of rotatable bonds is 4. The number of ether oxygens (including phenoxy) is 1. The van der Waals surface area contributed by atoms with Gasteiger partial charge in [0.15, 0.2) is 5.60 Å². The Hall–Kier alpha value is -2.96. The van der Waals surface area contributed by atoms with Gasteiger partial charge in [0, 0.05) is 30.9 Å². The molecule has 1 N–H and O–H groups in total. The number of aliphatic hydroxyl groups is 1. The number of benzene rings is 3. The second kappa shape index (κ2) is 6.51. The normalized spacial score (nSPS) is 13.1. The first-order chi connectivity index (χ1) is 12.0. The molecule has 0 heterocycles. The molecule has 0 radical (unpaired) electrons. The van der Waals surface area contributed by atoms with Crippen molar-refractivity contribution in [2.45, 2.75) is 5.60 Å². The lowest BCUT2D eigenvalue weighted by Gasteiger charge is -2.30. The van der Waals surface area contributed by atoms with Crippen molar-refractivity contribution in [3.8, 4) is 18.1 Å². The van der Waals surface area contributed by atoms with Crippen LogP contribution in [0, 0.1) is 12.3 Å². The van der Waals surface area contributed by atoms with E-state index < -0.39 is 5.60 Å². The van der Waals surface area contributed by atoms with Crippen LogP contribution in [0.15, 0.2) is 60.7 Å². The average molecular weight is 331 g/mol. The molecule has 0 bridgehead atoms. The summed E-state index contributed by atoms with van der Waals surface area (Å²) < 4.78 is 5.21. The van der Waals surface area contributed by atoms with E-state index in [0.29, 0.717) is 16.9 Å². The summed E-state index contributed by atoms with van der Waals surface area (Å²) in [5.74, 6) is 3.34. The molecule has 0 aromatic heterocycles. The smallest absolute Gasteiger partial charge is 0.179 e. The molecule has 0 saturated heterocycles. The van der Waals surface area contributed by atoms with Crippen molar-refractivity contribution in [1.29, 1.82) is 0 Å². The Morgan fingerprint density at radius 1 is 1.00 bits per heavy atom. The molecular formula is C22H21NO2. The molecule has 0 spiro atoms. The van der Waals surface area contributed by atoms with E-state index in [1.54, 1.807) is 31.4 Å². The van der Waals surface area contributed by atoms with Crippen LogP contribution in [0.5, 0.6) is 5.75 Å². The zero-order valence-electron chi connectivity index (χ0n) is 14.7. The van der Waals surface area contributed by atoms with Crippen LogP contribution in [0.3, 0.4) is 0 Å². The van der Waals surface area contributed by atoms with Gasteiger partial charge in [-0.1, -0.05) is 48.4 Å². The summed E-state index contributed by atoms with van der Waals surface area (Å²) in [6, 6.07) is 19.2. The summed E-state index contributed by atoms with van der Waals surface area (Å²) in [4.78, 5) is 1.97. The lowest BCUT2D eigenvalue weighted by molar-refractivity contribution is 0.147. The van der Waals surface area contributed by atoms with Gasteiger partial charge < -0.3 is 14.7 Å². The minimum Gasteiger partial charge on any atom is -0.497 e. The summed E-state index contributed by atoms with van der Waals surface area (Å²) in [5.41, 5.74) is 0.681. The first-order valence-electron chi connectivity index (χ1n) is 8.05. The van der Waals surface area contributed by atoms with Gasteiger partial charge in [0.25, 0.3) is 0 Å². The molecule has 3 rings (SSSR count). The number of fused-ring (bicyclic) bond motifs is 1. The molecule has 0 aliphatic carbocycles. The number of terminal acetylenes is 1. The fourth-order valence-electron chi connectivity index (χ4n) is 3.15. The van der Waals surface area contributed by atoms with Gasteiger partial charge >= 0.3 is 0 Å². The average Bonchev–Trinajstić information content (AvgIpc) is 2.66. The van der Waals surface area contributed by atoms with Gasteiger partial charge in [-0.3, -0.25) is 0 Å². The minimum absolute atomic E-state index is 0.634. The van der Waals surface area contributed by atoms with E-state index in [1.165, 1.54) is 0 Å². The largest absolute Gasteiger partial charge is 0.497 e. The molecule has 0 unspecified atom stereocenters. The summed E-state index contributed by atoms with van der Waals surface area (Å²) >= 11 is 0. The fourth-order valence-corrected chi connectivity index (χ4v) is 3.15. The van der Waals surface area contributed by atoms with Crippen molar-refractivity contribution in [2.24, 2.45) is 0 Å². The number of hydrogen-bond donors (Lipinski definition) is 1. The summed E-state index contributed by atoms with van der Waals surface area (Å²) in [6.45, 7) is 0. The third-order valence-electron chi connectivity index (χ3n) is 4.47. The van der Waals surface area contributed by atoms with Crippen LogP contribution in [-0.4, -0.2) is 26.3 Å². The van der Waals surface area contributed by atoms with E-state index >= 15 is 0 Å². The molecule has 0 fully saturated rings. The van der Waals surface area contributed by atoms with Crippen LogP contribution < -0.4 is 9.64 Å². The fraction of sp³-hybridized carbons (Fsp3) is 0.182. The maximum atomic E-state index is 11.6. The van der Waals surface area contributed by atoms with Gasteiger partial charge in [-0.05, 0) is 29.0 Å². The first-order valence-corrected chi connectivity index (χ1v) is 8.05.